The Kier molecular flexibility index (Phi) is 9.08. The van der Waals surface area contributed by atoms with Gasteiger partial charge in [0, 0.05) is 5.41 Å². The van der Waals surface area contributed by atoms with Gasteiger partial charge in [-0.05, 0) is 12.8 Å². The lowest BCUT2D eigenvalue weighted by atomic mass is 9.80. The summed E-state index contributed by atoms with van der Waals surface area (Å²) in [5.74, 6) is 0. The van der Waals surface area contributed by atoms with Gasteiger partial charge in [-0.3, -0.25) is 0 Å². The summed E-state index contributed by atoms with van der Waals surface area (Å²) in [5.41, 5.74) is 2.15. The fourth-order valence-electron chi connectivity index (χ4n) is 2.84. The van der Waals surface area contributed by atoms with Crippen molar-refractivity contribution >= 4 is 11.3 Å². The first-order valence-electron chi connectivity index (χ1n) is 8.49. The van der Waals surface area contributed by atoms with Gasteiger partial charge in [-0.25, -0.2) is 0 Å². The van der Waals surface area contributed by atoms with Crippen molar-refractivity contribution in [1.29, 1.82) is 0 Å². The van der Waals surface area contributed by atoms with Gasteiger partial charge in [0.25, 0.3) is 0 Å². The highest BCUT2D eigenvalue weighted by atomic mass is 32.1. The normalized spacial score (nSPS) is 14.3. The molecule has 0 spiro atoms. The Morgan fingerprint density at radius 2 is 1.45 bits per heavy atom. The first-order chi connectivity index (χ1) is 9.73. The first-order valence-corrected chi connectivity index (χ1v) is 9.37. The Labute approximate surface area is 129 Å². The summed E-state index contributed by atoms with van der Waals surface area (Å²) in [6.45, 7) is 6.95. The van der Waals surface area contributed by atoms with Crippen LogP contribution in [0.15, 0.2) is 5.51 Å². The van der Waals surface area contributed by atoms with E-state index in [1.165, 1.54) is 75.6 Å². The summed E-state index contributed by atoms with van der Waals surface area (Å²) in [6, 6.07) is 0. The van der Waals surface area contributed by atoms with Crippen LogP contribution in [-0.4, -0.2) is 10.2 Å². The largest absolute Gasteiger partial charge is 0.147 e. The highest BCUT2D eigenvalue weighted by molar-refractivity contribution is 7.09. The van der Waals surface area contributed by atoms with E-state index in [9.17, 15) is 0 Å². The second-order valence-electron chi connectivity index (χ2n) is 6.28. The van der Waals surface area contributed by atoms with Gasteiger partial charge >= 0.3 is 0 Å². The lowest BCUT2D eigenvalue weighted by Gasteiger charge is -2.27. The van der Waals surface area contributed by atoms with E-state index in [0.29, 0.717) is 0 Å². The van der Waals surface area contributed by atoms with E-state index in [0.717, 1.165) is 0 Å². The summed E-state index contributed by atoms with van der Waals surface area (Å²) in [5, 5.41) is 9.68. The van der Waals surface area contributed by atoms with Gasteiger partial charge in [0.1, 0.15) is 10.5 Å². The van der Waals surface area contributed by atoms with Crippen LogP contribution >= 0.6 is 11.3 Å². The van der Waals surface area contributed by atoms with Gasteiger partial charge in [-0.2, -0.15) is 0 Å². The molecular formula is C17H32N2S. The van der Waals surface area contributed by atoms with E-state index < -0.39 is 0 Å². The Hall–Kier alpha value is -0.440. The van der Waals surface area contributed by atoms with E-state index >= 15 is 0 Å². The highest BCUT2D eigenvalue weighted by Crippen LogP contribution is 2.36. The van der Waals surface area contributed by atoms with E-state index in [1.54, 1.807) is 11.3 Å². The average molecular weight is 297 g/mol. The van der Waals surface area contributed by atoms with E-state index in [2.05, 4.69) is 31.0 Å². The second-order valence-corrected chi connectivity index (χ2v) is 7.11. The SMILES string of the molecule is CCCCCCCC(C)(CCCCCC)c1nncs1. The van der Waals surface area contributed by atoms with Gasteiger partial charge in [0.2, 0.25) is 0 Å². The number of unbranched alkanes of at least 4 members (excludes halogenated alkanes) is 7. The standard InChI is InChI=1S/C17H32N2S/c1-4-6-8-10-12-14-17(3,13-11-9-7-5-2)16-19-18-15-20-16/h15H,4-14H2,1-3H3. The third-order valence-corrected chi connectivity index (χ3v) is 5.29. The minimum atomic E-state index is 0.265. The molecule has 0 saturated carbocycles. The van der Waals surface area contributed by atoms with Crippen LogP contribution in [0.2, 0.25) is 0 Å². The Balaban J connectivity index is 2.43. The average Bonchev–Trinajstić information content (AvgIpc) is 2.98. The predicted molar refractivity (Wildman–Crippen MR) is 89.4 cm³/mol. The summed E-state index contributed by atoms with van der Waals surface area (Å²) in [6.07, 6.45) is 14.7. The minimum Gasteiger partial charge on any atom is -0.147 e. The summed E-state index contributed by atoms with van der Waals surface area (Å²) >= 11 is 1.74. The van der Waals surface area contributed by atoms with E-state index in [1.807, 2.05) is 5.51 Å². The molecule has 0 radical (unpaired) electrons. The van der Waals surface area contributed by atoms with Crippen molar-refractivity contribution in [3.63, 3.8) is 0 Å². The molecule has 2 nitrogen and oxygen atoms in total. The number of nitrogens with zero attached hydrogens (tertiary/aromatic N) is 2. The van der Waals surface area contributed by atoms with Crippen LogP contribution in [-0.2, 0) is 5.41 Å². The zero-order chi connectivity index (χ0) is 14.7. The molecule has 3 heteroatoms. The van der Waals surface area contributed by atoms with E-state index in [-0.39, 0.29) is 5.41 Å². The summed E-state index contributed by atoms with van der Waals surface area (Å²) < 4.78 is 0. The molecule has 20 heavy (non-hydrogen) atoms. The topological polar surface area (TPSA) is 25.8 Å². The van der Waals surface area contributed by atoms with Crippen molar-refractivity contribution in [1.82, 2.24) is 10.2 Å². The molecule has 0 amide bonds. The van der Waals surface area contributed by atoms with Crippen molar-refractivity contribution in [2.45, 2.75) is 96.8 Å². The molecule has 0 N–H and O–H groups in total. The van der Waals surface area contributed by atoms with Crippen molar-refractivity contribution in [2.24, 2.45) is 0 Å². The quantitative estimate of drug-likeness (QED) is 0.434. The smallest absolute Gasteiger partial charge is 0.123 e. The maximum atomic E-state index is 4.37. The molecule has 0 bridgehead atoms. The van der Waals surface area contributed by atoms with Gasteiger partial charge in [0.15, 0.2) is 0 Å². The van der Waals surface area contributed by atoms with Crippen LogP contribution in [0.1, 0.15) is 96.4 Å². The fraction of sp³-hybridized carbons (Fsp3) is 0.882. The molecule has 1 heterocycles. The molecule has 1 aromatic heterocycles. The maximum Gasteiger partial charge on any atom is 0.123 e. The zero-order valence-corrected chi connectivity index (χ0v) is 14.5. The monoisotopic (exact) mass is 296 g/mol. The fourth-order valence-corrected chi connectivity index (χ4v) is 3.61. The van der Waals surface area contributed by atoms with Gasteiger partial charge in [-0.15, -0.1) is 21.5 Å². The van der Waals surface area contributed by atoms with Crippen molar-refractivity contribution in [2.75, 3.05) is 0 Å². The highest BCUT2D eigenvalue weighted by Gasteiger charge is 2.28. The molecule has 116 valence electrons. The van der Waals surface area contributed by atoms with Gasteiger partial charge < -0.3 is 0 Å². The second kappa shape index (κ2) is 10.3. The molecule has 1 unspecified atom stereocenters. The lowest BCUT2D eigenvalue weighted by molar-refractivity contribution is 0.360. The Bertz CT molecular complexity index is 324. The molecular weight excluding hydrogens is 264 g/mol. The molecule has 0 aromatic carbocycles. The molecule has 0 aliphatic rings. The van der Waals surface area contributed by atoms with Gasteiger partial charge in [-0.1, -0.05) is 78.6 Å². The molecule has 1 rings (SSSR count). The van der Waals surface area contributed by atoms with Crippen LogP contribution in [0.25, 0.3) is 0 Å². The molecule has 0 fully saturated rings. The first kappa shape index (κ1) is 17.6. The maximum absolute atomic E-state index is 4.37. The molecule has 0 aliphatic heterocycles. The number of rotatable bonds is 12. The summed E-state index contributed by atoms with van der Waals surface area (Å²) in [4.78, 5) is 0. The van der Waals surface area contributed by atoms with Crippen LogP contribution in [0.4, 0.5) is 0 Å². The zero-order valence-electron chi connectivity index (χ0n) is 13.7. The van der Waals surface area contributed by atoms with Crippen LogP contribution in [0.3, 0.4) is 0 Å². The molecule has 0 saturated heterocycles. The van der Waals surface area contributed by atoms with Gasteiger partial charge in [0.05, 0.1) is 0 Å². The number of aromatic nitrogens is 2. The number of hydrogen-bond donors (Lipinski definition) is 0. The molecule has 0 aliphatic carbocycles. The molecule has 1 atom stereocenters. The third-order valence-electron chi connectivity index (χ3n) is 4.29. The van der Waals surface area contributed by atoms with Crippen molar-refractivity contribution in [3.8, 4) is 0 Å². The van der Waals surface area contributed by atoms with Crippen LogP contribution in [0.5, 0.6) is 0 Å². The van der Waals surface area contributed by atoms with Crippen LogP contribution in [0, 0.1) is 0 Å². The van der Waals surface area contributed by atoms with Crippen molar-refractivity contribution in [3.05, 3.63) is 10.5 Å². The lowest BCUT2D eigenvalue weighted by Crippen LogP contribution is -2.22. The number of hydrogen-bond acceptors (Lipinski definition) is 3. The molecule has 1 aromatic rings. The van der Waals surface area contributed by atoms with E-state index in [4.69, 9.17) is 0 Å². The Morgan fingerprint density at radius 3 is 1.95 bits per heavy atom. The predicted octanol–water partition coefficient (Wildman–Crippen LogP) is 6.13. The van der Waals surface area contributed by atoms with Crippen LogP contribution < -0.4 is 0 Å². The third kappa shape index (κ3) is 6.34. The Morgan fingerprint density at radius 1 is 0.900 bits per heavy atom. The summed E-state index contributed by atoms with van der Waals surface area (Å²) in [7, 11) is 0. The van der Waals surface area contributed by atoms with Crippen molar-refractivity contribution < 1.29 is 0 Å². The minimum absolute atomic E-state index is 0.265.